The average molecular weight is 273 g/mol. The highest BCUT2D eigenvalue weighted by atomic mass is 16.4. The summed E-state index contributed by atoms with van der Waals surface area (Å²) < 4.78 is 5.44. The number of aromatic nitrogens is 6. The normalized spacial score (nSPS) is 12.8. The van der Waals surface area contributed by atoms with E-state index in [-0.39, 0.29) is 6.04 Å². The number of hydrogen-bond acceptors (Lipinski definition) is 7. The van der Waals surface area contributed by atoms with Crippen molar-refractivity contribution in [2.24, 2.45) is 0 Å². The largest absolute Gasteiger partial charge is 0.422 e. The van der Waals surface area contributed by atoms with Crippen LogP contribution in [0.5, 0.6) is 0 Å². The average Bonchev–Trinajstić information content (AvgIpc) is 2.94. The minimum Gasteiger partial charge on any atom is -0.422 e. The van der Waals surface area contributed by atoms with Gasteiger partial charge in [-0.15, -0.1) is 0 Å². The fourth-order valence-electron chi connectivity index (χ4n) is 1.96. The SMILES string of the molecule is Cc1nc(N[C@H](C)c2n[nH]c(C)n2)c2nc(C)oc2n1. The molecule has 0 aliphatic rings. The highest BCUT2D eigenvalue weighted by Gasteiger charge is 2.16. The molecular weight excluding hydrogens is 258 g/mol. The number of nitrogens with one attached hydrogen (secondary N) is 2. The molecule has 3 heterocycles. The zero-order valence-electron chi connectivity index (χ0n) is 11.7. The zero-order valence-corrected chi connectivity index (χ0v) is 11.7. The molecule has 0 spiro atoms. The summed E-state index contributed by atoms with van der Waals surface area (Å²) in [5.41, 5.74) is 1.10. The third-order valence-corrected chi connectivity index (χ3v) is 2.83. The highest BCUT2D eigenvalue weighted by molar-refractivity contribution is 5.81. The van der Waals surface area contributed by atoms with Crippen molar-refractivity contribution in [3.63, 3.8) is 0 Å². The van der Waals surface area contributed by atoms with E-state index in [2.05, 4.69) is 35.5 Å². The van der Waals surface area contributed by atoms with E-state index in [1.165, 1.54) is 0 Å². The van der Waals surface area contributed by atoms with Gasteiger partial charge in [-0.1, -0.05) is 0 Å². The summed E-state index contributed by atoms with van der Waals surface area (Å²) in [4.78, 5) is 17.2. The molecule has 0 radical (unpaired) electrons. The fraction of sp³-hybridized carbons (Fsp3) is 0.417. The molecule has 1 atom stereocenters. The molecule has 104 valence electrons. The summed E-state index contributed by atoms with van der Waals surface area (Å²) in [5.74, 6) is 3.25. The third-order valence-electron chi connectivity index (χ3n) is 2.83. The van der Waals surface area contributed by atoms with Gasteiger partial charge in [0.2, 0.25) is 0 Å². The van der Waals surface area contributed by atoms with Gasteiger partial charge in [-0.2, -0.15) is 10.1 Å². The second kappa shape index (κ2) is 4.55. The minimum atomic E-state index is -0.102. The lowest BCUT2D eigenvalue weighted by Crippen LogP contribution is -2.11. The molecule has 3 rings (SSSR count). The number of rotatable bonds is 3. The molecule has 0 bridgehead atoms. The van der Waals surface area contributed by atoms with Crippen LogP contribution in [-0.2, 0) is 0 Å². The molecule has 0 unspecified atom stereocenters. The Bertz CT molecular complexity index is 760. The molecular formula is C12H15N7O. The molecule has 0 fully saturated rings. The van der Waals surface area contributed by atoms with Crippen molar-refractivity contribution in [1.29, 1.82) is 0 Å². The number of nitrogens with zero attached hydrogens (tertiary/aromatic N) is 5. The van der Waals surface area contributed by atoms with E-state index < -0.39 is 0 Å². The maximum absolute atomic E-state index is 5.44. The van der Waals surface area contributed by atoms with Gasteiger partial charge in [0.15, 0.2) is 23.0 Å². The lowest BCUT2D eigenvalue weighted by Gasteiger charge is -2.11. The van der Waals surface area contributed by atoms with Gasteiger partial charge in [-0.05, 0) is 20.8 Å². The Morgan fingerprint density at radius 2 is 1.90 bits per heavy atom. The number of H-pyrrole nitrogens is 1. The molecule has 0 saturated carbocycles. The van der Waals surface area contributed by atoms with Crippen LogP contribution in [-0.4, -0.2) is 30.1 Å². The molecule has 3 aromatic heterocycles. The summed E-state index contributed by atoms with van der Waals surface area (Å²) in [7, 11) is 0. The monoisotopic (exact) mass is 273 g/mol. The maximum Gasteiger partial charge on any atom is 0.252 e. The Hall–Kier alpha value is -2.51. The van der Waals surface area contributed by atoms with Crippen molar-refractivity contribution in [3.05, 3.63) is 23.4 Å². The van der Waals surface area contributed by atoms with Crippen LogP contribution in [0.25, 0.3) is 11.2 Å². The second-order valence-electron chi connectivity index (χ2n) is 4.65. The summed E-state index contributed by atoms with van der Waals surface area (Å²) >= 11 is 0. The van der Waals surface area contributed by atoms with Crippen molar-refractivity contribution in [2.45, 2.75) is 33.7 Å². The Kier molecular flexibility index (Phi) is 2.85. The van der Waals surface area contributed by atoms with Gasteiger partial charge >= 0.3 is 0 Å². The van der Waals surface area contributed by atoms with Gasteiger partial charge in [0, 0.05) is 6.92 Å². The first-order valence-electron chi connectivity index (χ1n) is 6.30. The van der Waals surface area contributed by atoms with E-state index in [1.807, 2.05) is 20.8 Å². The molecule has 0 aliphatic carbocycles. The molecule has 8 heteroatoms. The fourth-order valence-corrected chi connectivity index (χ4v) is 1.96. The lowest BCUT2D eigenvalue weighted by atomic mass is 10.3. The van der Waals surface area contributed by atoms with Gasteiger partial charge in [0.1, 0.15) is 11.6 Å². The van der Waals surface area contributed by atoms with Crippen molar-refractivity contribution in [1.82, 2.24) is 30.1 Å². The standard InChI is InChI=1S/C12H15N7O/c1-5(10-15-7(3)18-19-10)13-11-9-12(16-6(2)14-11)20-8(4)17-9/h5H,1-4H3,(H,13,14,16)(H,15,18,19)/t5-/m1/s1. The van der Waals surface area contributed by atoms with E-state index in [0.29, 0.717) is 34.6 Å². The smallest absolute Gasteiger partial charge is 0.252 e. The van der Waals surface area contributed by atoms with E-state index in [9.17, 15) is 0 Å². The summed E-state index contributed by atoms with van der Waals surface area (Å²) in [5, 5.41) is 10.2. The van der Waals surface area contributed by atoms with Crippen LogP contribution in [0.15, 0.2) is 4.42 Å². The first-order chi connectivity index (χ1) is 9.52. The Balaban J connectivity index is 1.97. The predicted molar refractivity (Wildman–Crippen MR) is 72.2 cm³/mol. The van der Waals surface area contributed by atoms with Gasteiger partial charge in [0.05, 0.1) is 6.04 Å². The number of hydrogen-bond donors (Lipinski definition) is 2. The first kappa shape index (κ1) is 12.5. The second-order valence-corrected chi connectivity index (χ2v) is 4.65. The third kappa shape index (κ3) is 2.20. The van der Waals surface area contributed by atoms with Gasteiger partial charge in [-0.3, -0.25) is 5.10 Å². The van der Waals surface area contributed by atoms with Crippen LogP contribution in [0, 0.1) is 20.8 Å². The van der Waals surface area contributed by atoms with Crippen LogP contribution in [0.4, 0.5) is 5.82 Å². The minimum absolute atomic E-state index is 0.102. The number of anilines is 1. The number of aromatic amines is 1. The number of oxazole rings is 1. The number of aryl methyl sites for hydroxylation is 3. The molecule has 0 saturated heterocycles. The Morgan fingerprint density at radius 3 is 2.60 bits per heavy atom. The van der Waals surface area contributed by atoms with Crippen LogP contribution in [0.3, 0.4) is 0 Å². The van der Waals surface area contributed by atoms with Gasteiger partial charge in [0.25, 0.3) is 5.71 Å². The highest BCUT2D eigenvalue weighted by Crippen LogP contribution is 2.23. The maximum atomic E-state index is 5.44. The number of fused-ring (bicyclic) bond motifs is 1. The molecule has 0 amide bonds. The Morgan fingerprint density at radius 1 is 1.10 bits per heavy atom. The van der Waals surface area contributed by atoms with E-state index in [1.54, 1.807) is 6.92 Å². The van der Waals surface area contributed by atoms with Crippen molar-refractivity contribution >= 4 is 17.0 Å². The van der Waals surface area contributed by atoms with Crippen LogP contribution < -0.4 is 5.32 Å². The van der Waals surface area contributed by atoms with Gasteiger partial charge < -0.3 is 9.73 Å². The van der Waals surface area contributed by atoms with E-state index in [4.69, 9.17) is 4.42 Å². The molecule has 0 aromatic carbocycles. The molecule has 8 nitrogen and oxygen atoms in total. The van der Waals surface area contributed by atoms with Crippen LogP contribution in [0.1, 0.15) is 36.3 Å². The van der Waals surface area contributed by atoms with Gasteiger partial charge in [-0.25, -0.2) is 15.0 Å². The lowest BCUT2D eigenvalue weighted by molar-refractivity contribution is 0.550. The van der Waals surface area contributed by atoms with Crippen molar-refractivity contribution in [3.8, 4) is 0 Å². The topological polar surface area (TPSA) is 105 Å². The molecule has 0 aliphatic heterocycles. The van der Waals surface area contributed by atoms with Crippen LogP contribution in [0.2, 0.25) is 0 Å². The van der Waals surface area contributed by atoms with E-state index >= 15 is 0 Å². The van der Waals surface area contributed by atoms with Crippen molar-refractivity contribution in [2.75, 3.05) is 5.32 Å². The summed E-state index contributed by atoms with van der Waals surface area (Å²) in [6.07, 6.45) is 0. The quantitative estimate of drug-likeness (QED) is 0.749. The predicted octanol–water partition coefficient (Wildman–Crippen LogP) is 1.83. The summed E-state index contributed by atoms with van der Waals surface area (Å²) in [6.45, 7) is 7.41. The summed E-state index contributed by atoms with van der Waals surface area (Å²) in [6, 6.07) is -0.102. The first-order valence-corrected chi connectivity index (χ1v) is 6.30. The van der Waals surface area contributed by atoms with E-state index in [0.717, 1.165) is 5.82 Å². The van der Waals surface area contributed by atoms with Crippen LogP contribution >= 0.6 is 0 Å². The molecule has 2 N–H and O–H groups in total. The molecule has 3 aromatic rings. The zero-order chi connectivity index (χ0) is 14.3. The van der Waals surface area contributed by atoms with Crippen molar-refractivity contribution < 1.29 is 4.42 Å². The molecule has 20 heavy (non-hydrogen) atoms. The Labute approximate surface area is 115 Å².